The van der Waals surface area contributed by atoms with E-state index in [0.717, 1.165) is 0 Å². The van der Waals surface area contributed by atoms with E-state index in [4.69, 9.17) is 9.26 Å². The highest BCUT2D eigenvalue weighted by atomic mass is 16.5. The van der Waals surface area contributed by atoms with Crippen LogP contribution in [-0.4, -0.2) is 24.3 Å². The van der Waals surface area contributed by atoms with E-state index in [9.17, 15) is 0 Å². The summed E-state index contributed by atoms with van der Waals surface area (Å²) in [6.45, 7) is 2.46. The van der Waals surface area contributed by atoms with Crippen LogP contribution in [0.4, 0.5) is 0 Å². The molecule has 0 radical (unpaired) electrons. The molecule has 0 aliphatic carbocycles. The molecule has 1 heterocycles. The van der Waals surface area contributed by atoms with E-state index < -0.39 is 0 Å². The van der Waals surface area contributed by atoms with Gasteiger partial charge in [-0.15, -0.1) is 0 Å². The van der Waals surface area contributed by atoms with Gasteiger partial charge in [0, 0.05) is 7.11 Å². The van der Waals surface area contributed by atoms with Crippen LogP contribution in [0.3, 0.4) is 0 Å². The number of hydrogen-bond acceptors (Lipinski definition) is 5. The molecule has 5 nitrogen and oxygen atoms in total. The van der Waals surface area contributed by atoms with E-state index in [-0.39, 0.29) is 6.10 Å². The van der Waals surface area contributed by atoms with Crippen LogP contribution in [0.2, 0.25) is 0 Å². The molecule has 0 bridgehead atoms. The average Bonchev–Trinajstić information content (AvgIpc) is 2.52. The zero-order valence-corrected chi connectivity index (χ0v) is 7.50. The van der Waals surface area contributed by atoms with Crippen LogP contribution in [0.5, 0.6) is 0 Å². The van der Waals surface area contributed by atoms with Crippen LogP contribution in [0.1, 0.15) is 24.7 Å². The maximum atomic E-state index is 5.02. The van der Waals surface area contributed by atoms with Crippen molar-refractivity contribution in [2.45, 2.75) is 19.6 Å². The number of aromatic nitrogens is 2. The molecule has 5 heteroatoms. The van der Waals surface area contributed by atoms with Crippen LogP contribution in [0, 0.1) is 0 Å². The molecule has 1 aromatic rings. The number of methoxy groups -OCH3 is 1. The third-order valence-electron chi connectivity index (χ3n) is 1.53. The van der Waals surface area contributed by atoms with E-state index in [1.54, 1.807) is 7.11 Å². The van der Waals surface area contributed by atoms with Gasteiger partial charge in [-0.3, -0.25) is 0 Å². The van der Waals surface area contributed by atoms with Gasteiger partial charge in [0.05, 0.1) is 6.54 Å². The smallest absolute Gasteiger partial charge is 0.240 e. The monoisotopic (exact) mass is 171 g/mol. The maximum absolute atomic E-state index is 5.02. The quantitative estimate of drug-likeness (QED) is 0.714. The average molecular weight is 171 g/mol. The molecule has 1 N–H and O–H groups in total. The topological polar surface area (TPSA) is 60.2 Å². The van der Waals surface area contributed by atoms with E-state index >= 15 is 0 Å². The summed E-state index contributed by atoms with van der Waals surface area (Å²) in [7, 11) is 3.43. The number of hydrogen-bond donors (Lipinski definition) is 1. The summed E-state index contributed by atoms with van der Waals surface area (Å²) >= 11 is 0. The molecular formula is C7H13N3O2. The van der Waals surface area contributed by atoms with Crippen molar-refractivity contribution in [1.29, 1.82) is 0 Å². The Morgan fingerprint density at radius 2 is 2.42 bits per heavy atom. The van der Waals surface area contributed by atoms with Crippen LogP contribution < -0.4 is 5.32 Å². The predicted octanol–water partition coefficient (Wildman–Crippen LogP) is 0.496. The fourth-order valence-corrected chi connectivity index (χ4v) is 0.762. The van der Waals surface area contributed by atoms with Crippen molar-refractivity contribution in [2.24, 2.45) is 0 Å². The highest BCUT2D eigenvalue weighted by Crippen LogP contribution is 2.10. The molecule has 0 aromatic carbocycles. The first-order valence-corrected chi connectivity index (χ1v) is 3.77. The minimum Gasteiger partial charge on any atom is -0.374 e. The summed E-state index contributed by atoms with van der Waals surface area (Å²) in [4.78, 5) is 4.11. The van der Waals surface area contributed by atoms with Crippen molar-refractivity contribution in [3.63, 3.8) is 0 Å². The highest BCUT2D eigenvalue weighted by Gasteiger charge is 2.11. The first kappa shape index (κ1) is 9.15. The molecule has 0 aliphatic rings. The first-order chi connectivity index (χ1) is 5.77. The summed E-state index contributed by atoms with van der Waals surface area (Å²) in [5.74, 6) is 1.17. The summed E-state index contributed by atoms with van der Waals surface area (Å²) in [6, 6.07) is 0. The molecular weight excluding hydrogens is 158 g/mol. The van der Waals surface area contributed by atoms with Crippen molar-refractivity contribution in [2.75, 3.05) is 14.2 Å². The number of nitrogens with one attached hydrogen (secondary N) is 1. The van der Waals surface area contributed by atoms with Crippen LogP contribution in [-0.2, 0) is 11.3 Å². The molecule has 0 saturated carbocycles. The Bertz CT molecular complexity index is 236. The van der Waals surface area contributed by atoms with E-state index in [0.29, 0.717) is 18.3 Å². The van der Waals surface area contributed by atoms with Gasteiger partial charge in [-0.25, -0.2) is 0 Å². The van der Waals surface area contributed by atoms with Gasteiger partial charge in [0.2, 0.25) is 5.89 Å². The minimum atomic E-state index is -0.112. The predicted molar refractivity (Wildman–Crippen MR) is 42.5 cm³/mol. The highest BCUT2D eigenvalue weighted by molar-refractivity contribution is 4.89. The van der Waals surface area contributed by atoms with Gasteiger partial charge in [0.1, 0.15) is 6.10 Å². The van der Waals surface area contributed by atoms with Gasteiger partial charge in [0.25, 0.3) is 0 Å². The van der Waals surface area contributed by atoms with Crippen molar-refractivity contribution in [1.82, 2.24) is 15.5 Å². The van der Waals surface area contributed by atoms with Gasteiger partial charge in [-0.05, 0) is 14.0 Å². The second-order valence-electron chi connectivity index (χ2n) is 2.45. The molecule has 1 aromatic heterocycles. The summed E-state index contributed by atoms with van der Waals surface area (Å²) in [6.07, 6.45) is -0.112. The molecule has 0 saturated heterocycles. The molecule has 12 heavy (non-hydrogen) atoms. The molecule has 1 unspecified atom stereocenters. The summed E-state index contributed by atoms with van der Waals surface area (Å²) in [5.41, 5.74) is 0. The van der Waals surface area contributed by atoms with Crippen LogP contribution >= 0.6 is 0 Å². The third kappa shape index (κ3) is 2.02. The normalized spacial score (nSPS) is 13.2. The number of nitrogens with zero attached hydrogens (tertiary/aromatic N) is 2. The lowest BCUT2D eigenvalue weighted by atomic mass is 10.4. The van der Waals surface area contributed by atoms with Gasteiger partial charge >= 0.3 is 0 Å². The van der Waals surface area contributed by atoms with Crippen molar-refractivity contribution < 1.29 is 9.26 Å². The Hall–Kier alpha value is -0.940. The Balaban J connectivity index is 2.63. The maximum Gasteiger partial charge on any atom is 0.240 e. The molecule has 0 fully saturated rings. The lowest BCUT2D eigenvalue weighted by Gasteiger charge is -2.00. The van der Waals surface area contributed by atoms with Gasteiger partial charge in [-0.2, -0.15) is 4.98 Å². The third-order valence-corrected chi connectivity index (χ3v) is 1.53. The van der Waals surface area contributed by atoms with Crippen molar-refractivity contribution >= 4 is 0 Å². The molecule has 1 rings (SSSR count). The van der Waals surface area contributed by atoms with E-state index in [1.807, 2.05) is 14.0 Å². The van der Waals surface area contributed by atoms with E-state index in [2.05, 4.69) is 15.5 Å². The van der Waals surface area contributed by atoms with Gasteiger partial charge < -0.3 is 14.6 Å². The van der Waals surface area contributed by atoms with Crippen molar-refractivity contribution in [3.05, 3.63) is 11.7 Å². The molecule has 0 amide bonds. The molecule has 1 atom stereocenters. The van der Waals surface area contributed by atoms with Gasteiger partial charge in [-0.1, -0.05) is 5.16 Å². The largest absolute Gasteiger partial charge is 0.374 e. The molecule has 68 valence electrons. The lowest BCUT2D eigenvalue weighted by Crippen LogP contribution is -2.05. The van der Waals surface area contributed by atoms with Crippen molar-refractivity contribution in [3.8, 4) is 0 Å². The van der Waals surface area contributed by atoms with E-state index in [1.165, 1.54) is 0 Å². The second kappa shape index (κ2) is 4.18. The minimum absolute atomic E-state index is 0.112. The standard InChI is InChI=1S/C7H13N3O2/c1-5(11-3)7-9-6(4-8-2)12-10-7/h5,8H,4H2,1-3H3. The van der Waals surface area contributed by atoms with Gasteiger partial charge in [0.15, 0.2) is 5.82 Å². The Kier molecular flexibility index (Phi) is 3.19. The molecule has 0 spiro atoms. The fourth-order valence-electron chi connectivity index (χ4n) is 0.762. The number of rotatable bonds is 4. The Morgan fingerprint density at radius 3 is 3.00 bits per heavy atom. The fraction of sp³-hybridized carbons (Fsp3) is 0.714. The SMILES string of the molecule is CNCc1nc(C(C)OC)no1. The van der Waals surface area contributed by atoms with Crippen LogP contribution in [0.25, 0.3) is 0 Å². The number of ether oxygens (including phenoxy) is 1. The Morgan fingerprint density at radius 1 is 1.67 bits per heavy atom. The van der Waals surface area contributed by atoms with Crippen LogP contribution in [0.15, 0.2) is 4.52 Å². The lowest BCUT2D eigenvalue weighted by molar-refractivity contribution is 0.109. The zero-order chi connectivity index (χ0) is 8.97. The summed E-state index contributed by atoms with van der Waals surface area (Å²) in [5, 5.41) is 6.67. The zero-order valence-electron chi connectivity index (χ0n) is 7.50. The summed E-state index contributed by atoms with van der Waals surface area (Å²) < 4.78 is 9.95. The second-order valence-corrected chi connectivity index (χ2v) is 2.45. The molecule has 0 aliphatic heterocycles. The Labute approximate surface area is 71.1 Å². The first-order valence-electron chi connectivity index (χ1n) is 3.77.